The summed E-state index contributed by atoms with van der Waals surface area (Å²) in [5, 5.41) is 4.47. The van der Waals surface area contributed by atoms with Gasteiger partial charge in [0.15, 0.2) is 0 Å². The van der Waals surface area contributed by atoms with Gasteiger partial charge < -0.3 is 9.47 Å². The van der Waals surface area contributed by atoms with E-state index in [1.54, 1.807) is 0 Å². The number of hydrogen-bond donors (Lipinski definition) is 0. The molecule has 0 radical (unpaired) electrons. The van der Waals surface area contributed by atoms with E-state index in [9.17, 15) is 0 Å². The second kappa shape index (κ2) is 26.7. The summed E-state index contributed by atoms with van der Waals surface area (Å²) < 4.78 is 12.8. The Hall–Kier alpha value is -4.39. The highest BCUT2D eigenvalue weighted by atomic mass is 31.2. The molecule has 0 unspecified atom stereocenters. The summed E-state index contributed by atoms with van der Waals surface area (Å²) in [5.74, 6) is 1.93. The average Bonchev–Trinajstić information content (AvgIpc) is 3.28. The lowest BCUT2D eigenvalue weighted by atomic mass is 9.97. The first-order valence-corrected chi connectivity index (χ1v) is 25.0. The molecule has 0 spiro atoms. The van der Waals surface area contributed by atoms with Crippen molar-refractivity contribution in [1.29, 1.82) is 0 Å². The Morgan fingerprint density at radius 3 is 1.42 bits per heavy atom. The van der Waals surface area contributed by atoms with E-state index in [-0.39, 0.29) is 0 Å². The van der Waals surface area contributed by atoms with Gasteiger partial charge in [-0.25, -0.2) is 0 Å². The maximum atomic E-state index is 6.51. The summed E-state index contributed by atoms with van der Waals surface area (Å²) in [7, 11) is -1.73. The Balaban J connectivity index is 1.07. The molecule has 0 saturated carbocycles. The molecule has 0 aliphatic heterocycles. The van der Waals surface area contributed by atoms with Gasteiger partial charge in [-0.15, -0.1) is 13.2 Å². The molecule has 0 bridgehead atoms. The molecule has 0 saturated heterocycles. The monoisotopic (exact) mass is 808 g/mol. The van der Waals surface area contributed by atoms with E-state index in [0.717, 1.165) is 61.5 Å². The van der Waals surface area contributed by atoms with Crippen LogP contribution in [-0.2, 0) is 12.8 Å². The third kappa shape index (κ3) is 14.4. The predicted octanol–water partition coefficient (Wildman–Crippen LogP) is 14.8. The van der Waals surface area contributed by atoms with Crippen LogP contribution >= 0.6 is 7.26 Å². The molecule has 2 nitrogen and oxygen atoms in total. The summed E-state index contributed by atoms with van der Waals surface area (Å²) in [6.45, 7) is 11.8. The van der Waals surface area contributed by atoms with E-state index < -0.39 is 7.26 Å². The van der Waals surface area contributed by atoms with E-state index in [1.165, 1.54) is 123 Å². The minimum Gasteiger partial charge on any atom is -0.493 e. The van der Waals surface area contributed by atoms with E-state index in [2.05, 4.69) is 147 Å². The quantitative estimate of drug-likeness (QED) is 0.0261. The number of allylic oxidation sites excluding steroid dienone is 2. The molecule has 0 aliphatic carbocycles. The van der Waals surface area contributed by atoms with Crippen molar-refractivity contribution in [1.82, 2.24) is 0 Å². The summed E-state index contributed by atoms with van der Waals surface area (Å²) in [6, 6.07) is 47.1. The van der Waals surface area contributed by atoms with E-state index in [1.807, 2.05) is 12.2 Å². The first-order valence-electron chi connectivity index (χ1n) is 23.0. The molecule has 0 aliphatic rings. The van der Waals surface area contributed by atoms with E-state index in [4.69, 9.17) is 9.47 Å². The molecular formula is C56H72O2P+. The highest BCUT2D eigenvalue weighted by molar-refractivity contribution is 7.95. The van der Waals surface area contributed by atoms with Crippen molar-refractivity contribution in [3.63, 3.8) is 0 Å². The predicted molar refractivity (Wildman–Crippen MR) is 260 cm³/mol. The lowest BCUT2D eigenvalue weighted by Gasteiger charge is -2.27. The Kier molecular flexibility index (Phi) is 20.6. The summed E-state index contributed by atoms with van der Waals surface area (Å²) in [4.78, 5) is 0. The van der Waals surface area contributed by atoms with Crippen molar-refractivity contribution in [2.75, 3.05) is 19.4 Å². The fraction of sp³-hybridized carbons (Fsp3) is 0.393. The maximum absolute atomic E-state index is 6.51. The molecule has 0 heterocycles. The second-order valence-corrected chi connectivity index (χ2v) is 19.8. The van der Waals surface area contributed by atoms with Crippen molar-refractivity contribution >= 4 is 23.2 Å². The molecule has 0 atom stereocenters. The Labute approximate surface area is 359 Å². The molecule has 5 aromatic rings. The van der Waals surface area contributed by atoms with Gasteiger partial charge in [-0.1, -0.05) is 163 Å². The van der Waals surface area contributed by atoms with Gasteiger partial charge in [-0.2, -0.15) is 0 Å². The average molecular weight is 808 g/mol. The molecule has 3 heteroatoms. The maximum Gasteiger partial charge on any atom is 0.127 e. The van der Waals surface area contributed by atoms with Crippen LogP contribution < -0.4 is 25.4 Å². The lowest BCUT2D eigenvalue weighted by molar-refractivity contribution is 0.301. The largest absolute Gasteiger partial charge is 0.493 e. The minimum atomic E-state index is -1.73. The summed E-state index contributed by atoms with van der Waals surface area (Å²) in [5.41, 5.74) is 4.73. The van der Waals surface area contributed by atoms with Crippen molar-refractivity contribution in [3.8, 4) is 22.6 Å². The molecule has 0 fully saturated rings. The van der Waals surface area contributed by atoms with Crippen LogP contribution in [0.4, 0.5) is 0 Å². The van der Waals surface area contributed by atoms with Gasteiger partial charge in [0, 0.05) is 5.56 Å². The Bertz CT molecular complexity index is 1800. The van der Waals surface area contributed by atoms with Crippen LogP contribution in [0.5, 0.6) is 11.5 Å². The molecule has 5 aromatic carbocycles. The third-order valence-electron chi connectivity index (χ3n) is 11.7. The Morgan fingerprint density at radius 1 is 0.458 bits per heavy atom. The first-order chi connectivity index (χ1) is 29.2. The topological polar surface area (TPSA) is 18.5 Å². The van der Waals surface area contributed by atoms with Gasteiger partial charge in [-0.3, -0.25) is 0 Å². The van der Waals surface area contributed by atoms with Crippen LogP contribution in [0.25, 0.3) is 11.1 Å². The van der Waals surface area contributed by atoms with E-state index in [0.29, 0.717) is 0 Å². The number of rotatable bonds is 30. The zero-order valence-electron chi connectivity index (χ0n) is 36.3. The van der Waals surface area contributed by atoms with Crippen molar-refractivity contribution in [2.24, 2.45) is 0 Å². The highest BCUT2D eigenvalue weighted by Crippen LogP contribution is 2.56. The van der Waals surface area contributed by atoms with Gasteiger partial charge in [0.2, 0.25) is 0 Å². The van der Waals surface area contributed by atoms with Crippen LogP contribution in [0.1, 0.15) is 121 Å². The standard InChI is InChI=1S/C56H72O2P/c1-4-7-8-9-10-13-16-28-43-57-55-42-40-49(47-50(55)32-6-3)54-46-48(31-5-2)39-41-56(54)58-44-29-17-14-11-12-15-18-30-45-59(51-33-22-19-23-34-51,52-35-24-20-25-36-52)53-37-26-21-27-38-53/h5-6,19-27,33-42,46-47H,2-4,7-18,28-32,43-45H2,1H3/q+1. The normalized spacial score (nSPS) is 11.3. The van der Waals surface area contributed by atoms with Crippen LogP contribution in [0.15, 0.2) is 153 Å². The summed E-state index contributed by atoms with van der Waals surface area (Å²) in [6.07, 6.45) is 27.1. The third-order valence-corrected chi connectivity index (χ3v) is 16.2. The van der Waals surface area contributed by atoms with Crippen molar-refractivity contribution in [3.05, 3.63) is 164 Å². The van der Waals surface area contributed by atoms with Crippen LogP contribution in [0.2, 0.25) is 0 Å². The lowest BCUT2D eigenvalue weighted by Crippen LogP contribution is -2.33. The van der Waals surface area contributed by atoms with Crippen LogP contribution in [0, 0.1) is 0 Å². The van der Waals surface area contributed by atoms with Crippen LogP contribution in [-0.4, -0.2) is 19.4 Å². The van der Waals surface area contributed by atoms with Crippen molar-refractivity contribution in [2.45, 2.75) is 122 Å². The molecule has 312 valence electrons. The molecular weight excluding hydrogens is 736 g/mol. The van der Waals surface area contributed by atoms with Gasteiger partial charge in [-0.05, 0) is 116 Å². The molecule has 0 N–H and O–H groups in total. The molecule has 0 aromatic heterocycles. The zero-order chi connectivity index (χ0) is 41.2. The van der Waals surface area contributed by atoms with Crippen LogP contribution in [0.3, 0.4) is 0 Å². The SMILES string of the molecule is C=CCc1ccc(OCCCCCCCCCC[P+](c2ccccc2)(c2ccccc2)c2ccccc2)c(-c2ccc(OCCCCCCCCCC)c(CC=C)c2)c1. The van der Waals surface area contributed by atoms with Gasteiger partial charge >= 0.3 is 0 Å². The smallest absolute Gasteiger partial charge is 0.127 e. The fourth-order valence-corrected chi connectivity index (χ4v) is 12.8. The van der Waals surface area contributed by atoms with Crippen molar-refractivity contribution < 1.29 is 9.47 Å². The number of benzene rings is 5. The second-order valence-electron chi connectivity index (χ2n) is 16.2. The van der Waals surface area contributed by atoms with E-state index >= 15 is 0 Å². The minimum absolute atomic E-state index is 0.733. The van der Waals surface area contributed by atoms with Gasteiger partial charge in [0.25, 0.3) is 0 Å². The number of hydrogen-bond acceptors (Lipinski definition) is 2. The van der Waals surface area contributed by atoms with Gasteiger partial charge in [0.05, 0.1) is 19.4 Å². The first kappa shape index (κ1) is 45.7. The Morgan fingerprint density at radius 2 is 0.915 bits per heavy atom. The number of ether oxygens (including phenoxy) is 2. The highest BCUT2D eigenvalue weighted by Gasteiger charge is 2.44. The molecule has 5 rings (SSSR count). The number of unbranched alkanes of at least 4 members (excludes halogenated alkanes) is 14. The zero-order valence-corrected chi connectivity index (χ0v) is 37.2. The van der Waals surface area contributed by atoms with Gasteiger partial charge in [0.1, 0.15) is 34.7 Å². The summed E-state index contributed by atoms with van der Waals surface area (Å²) >= 11 is 0. The molecule has 59 heavy (non-hydrogen) atoms. The molecule has 0 amide bonds. The fourth-order valence-electron chi connectivity index (χ4n) is 8.42.